The van der Waals surface area contributed by atoms with Gasteiger partial charge in [-0.3, -0.25) is 4.98 Å². The Kier molecular flexibility index (Phi) is 6.32. The van der Waals surface area contributed by atoms with Crippen LogP contribution in [0.4, 0.5) is 33.7 Å². The van der Waals surface area contributed by atoms with Gasteiger partial charge in [0.1, 0.15) is 5.75 Å². The number of hydrogen-bond acceptors (Lipinski definition) is 5. The Balaban J connectivity index is 1.47. The first-order chi connectivity index (χ1) is 16.6. The highest BCUT2D eigenvalue weighted by atomic mass is 19.4. The number of halogens is 4. The van der Waals surface area contributed by atoms with E-state index >= 15 is 0 Å². The van der Waals surface area contributed by atoms with Crippen molar-refractivity contribution in [2.45, 2.75) is 6.18 Å². The molecular weight excluding hydrogens is 470 g/mol. The Hall–Kier alpha value is -4.54. The zero-order chi connectivity index (χ0) is 25.2. The molecule has 0 fully saturated rings. The topological polar surface area (TPSA) is 92.7 Å². The van der Waals surface area contributed by atoms with E-state index < -0.39 is 23.6 Å². The van der Waals surface area contributed by atoms with Gasteiger partial charge in [0.05, 0.1) is 18.2 Å². The van der Waals surface area contributed by atoms with Crippen LogP contribution in [0.5, 0.6) is 23.0 Å². The summed E-state index contributed by atoms with van der Waals surface area (Å²) in [7, 11) is 1.39. The lowest BCUT2D eigenvalue weighted by molar-refractivity contribution is -0.137. The van der Waals surface area contributed by atoms with Crippen LogP contribution in [-0.2, 0) is 6.18 Å². The highest BCUT2D eigenvalue weighted by Crippen LogP contribution is 2.37. The second-order valence-electron chi connectivity index (χ2n) is 7.25. The number of alkyl halides is 3. The normalized spacial score (nSPS) is 11.2. The van der Waals surface area contributed by atoms with E-state index in [1.54, 1.807) is 0 Å². The minimum atomic E-state index is -4.49. The molecule has 2 amide bonds. The molecule has 0 saturated carbocycles. The summed E-state index contributed by atoms with van der Waals surface area (Å²) in [5.74, 6) is -0.588. The molecule has 1 aromatic heterocycles. The number of phenols is 1. The van der Waals surface area contributed by atoms with Crippen LogP contribution in [0.3, 0.4) is 0 Å². The van der Waals surface area contributed by atoms with Gasteiger partial charge in [-0.25, -0.2) is 9.18 Å². The number of carbonyl (C=O) groups excluding carboxylic acids is 1. The van der Waals surface area contributed by atoms with E-state index in [1.165, 1.54) is 43.6 Å². The molecule has 1 heterocycles. The molecule has 0 aliphatic carbocycles. The van der Waals surface area contributed by atoms with Crippen molar-refractivity contribution in [3.63, 3.8) is 0 Å². The standard InChI is InChI=1S/C24H17F4N3O4/c1-34-22-11-16-18(12-19(22)32)29-9-8-20(16)35-21-7-6-15(10-17(21)25)31-23(33)30-14-4-2-13(3-5-14)24(26,27)28/h2-12,32H,1H3,(H2,30,31,33). The van der Waals surface area contributed by atoms with Gasteiger partial charge in [0, 0.05) is 35.1 Å². The zero-order valence-corrected chi connectivity index (χ0v) is 18.0. The minimum Gasteiger partial charge on any atom is -0.504 e. The third-order valence-corrected chi connectivity index (χ3v) is 4.88. The van der Waals surface area contributed by atoms with E-state index in [1.807, 2.05) is 0 Å². The first-order valence-corrected chi connectivity index (χ1v) is 10.0. The number of benzene rings is 3. The number of nitrogens with one attached hydrogen (secondary N) is 2. The van der Waals surface area contributed by atoms with Crippen molar-refractivity contribution >= 4 is 28.3 Å². The monoisotopic (exact) mass is 487 g/mol. The van der Waals surface area contributed by atoms with Crippen molar-refractivity contribution in [2.24, 2.45) is 0 Å². The van der Waals surface area contributed by atoms with Crippen LogP contribution in [0.1, 0.15) is 5.56 Å². The van der Waals surface area contributed by atoms with Crippen molar-refractivity contribution in [3.8, 4) is 23.0 Å². The molecule has 4 rings (SSSR count). The fourth-order valence-electron chi connectivity index (χ4n) is 3.20. The molecule has 11 heteroatoms. The molecule has 0 unspecified atom stereocenters. The van der Waals surface area contributed by atoms with Gasteiger partial charge in [-0.2, -0.15) is 13.2 Å². The average Bonchev–Trinajstić information content (AvgIpc) is 2.80. The molecule has 3 N–H and O–H groups in total. The predicted molar refractivity (Wildman–Crippen MR) is 121 cm³/mol. The Morgan fingerprint density at radius 3 is 2.26 bits per heavy atom. The van der Waals surface area contributed by atoms with E-state index in [4.69, 9.17) is 9.47 Å². The molecule has 0 saturated heterocycles. The molecule has 4 aromatic rings. The fraction of sp³-hybridized carbons (Fsp3) is 0.0833. The van der Waals surface area contributed by atoms with Crippen molar-refractivity contribution in [1.29, 1.82) is 0 Å². The van der Waals surface area contributed by atoms with Crippen molar-refractivity contribution in [3.05, 3.63) is 78.2 Å². The third-order valence-electron chi connectivity index (χ3n) is 4.88. The summed E-state index contributed by atoms with van der Waals surface area (Å²) in [6.07, 6.45) is -3.05. The number of anilines is 2. The predicted octanol–water partition coefficient (Wildman–Crippen LogP) is 6.54. The van der Waals surface area contributed by atoms with Gasteiger partial charge in [-0.1, -0.05) is 0 Å². The van der Waals surface area contributed by atoms with Gasteiger partial charge in [0.15, 0.2) is 23.1 Å². The number of hydrogen-bond donors (Lipinski definition) is 3. The number of rotatable bonds is 5. The van der Waals surface area contributed by atoms with Gasteiger partial charge >= 0.3 is 12.2 Å². The number of urea groups is 1. The molecule has 0 spiro atoms. The number of pyridine rings is 1. The van der Waals surface area contributed by atoms with Crippen molar-refractivity contribution in [2.75, 3.05) is 17.7 Å². The summed E-state index contributed by atoms with van der Waals surface area (Å²) in [5.41, 5.74) is -0.231. The number of ether oxygens (including phenoxy) is 2. The third kappa shape index (κ3) is 5.35. The fourth-order valence-corrected chi connectivity index (χ4v) is 3.20. The molecule has 0 atom stereocenters. The number of amides is 2. The molecule has 3 aromatic carbocycles. The molecule has 0 aliphatic rings. The zero-order valence-electron chi connectivity index (χ0n) is 18.0. The highest BCUT2D eigenvalue weighted by Gasteiger charge is 2.30. The number of phenolic OH excluding ortho intramolecular Hbond substituents is 1. The van der Waals surface area contributed by atoms with Gasteiger partial charge in [-0.15, -0.1) is 0 Å². The number of aromatic nitrogens is 1. The maximum Gasteiger partial charge on any atom is 0.416 e. The summed E-state index contributed by atoms with van der Waals surface area (Å²) in [6.45, 7) is 0. The van der Waals surface area contributed by atoms with Crippen LogP contribution in [0.25, 0.3) is 10.9 Å². The number of fused-ring (bicyclic) bond motifs is 1. The number of methoxy groups -OCH3 is 1. The molecule has 35 heavy (non-hydrogen) atoms. The van der Waals surface area contributed by atoms with E-state index in [0.29, 0.717) is 10.9 Å². The van der Waals surface area contributed by atoms with Crippen LogP contribution < -0.4 is 20.1 Å². The van der Waals surface area contributed by atoms with Crippen LogP contribution in [0.2, 0.25) is 0 Å². The van der Waals surface area contributed by atoms with Crippen LogP contribution in [-0.4, -0.2) is 23.2 Å². The number of aromatic hydroxyl groups is 1. The van der Waals surface area contributed by atoms with Gasteiger partial charge < -0.3 is 25.2 Å². The molecule has 7 nitrogen and oxygen atoms in total. The lowest BCUT2D eigenvalue weighted by atomic mass is 10.2. The second kappa shape index (κ2) is 9.37. The van der Waals surface area contributed by atoms with Gasteiger partial charge in [0.25, 0.3) is 0 Å². The largest absolute Gasteiger partial charge is 0.504 e. The van der Waals surface area contributed by atoms with Crippen LogP contribution in [0.15, 0.2) is 66.9 Å². The van der Waals surface area contributed by atoms with E-state index in [9.17, 15) is 27.5 Å². The Labute approximate surface area is 195 Å². The summed E-state index contributed by atoms with van der Waals surface area (Å²) in [5, 5.41) is 15.2. The minimum absolute atomic E-state index is 0.0884. The summed E-state index contributed by atoms with van der Waals surface area (Å²) in [4.78, 5) is 16.3. The first kappa shape index (κ1) is 23.6. The summed E-state index contributed by atoms with van der Waals surface area (Å²) >= 11 is 0. The average molecular weight is 487 g/mol. The van der Waals surface area contributed by atoms with E-state index in [2.05, 4.69) is 15.6 Å². The van der Waals surface area contributed by atoms with Crippen molar-refractivity contribution in [1.82, 2.24) is 4.98 Å². The van der Waals surface area contributed by atoms with Crippen LogP contribution in [0, 0.1) is 5.82 Å². The summed E-state index contributed by atoms with van der Waals surface area (Å²) in [6, 6.07) is 11.2. The quantitative estimate of drug-likeness (QED) is 0.278. The lowest BCUT2D eigenvalue weighted by Gasteiger charge is -2.13. The maximum atomic E-state index is 14.7. The van der Waals surface area contributed by atoms with E-state index in [0.717, 1.165) is 30.3 Å². The van der Waals surface area contributed by atoms with E-state index in [-0.39, 0.29) is 34.4 Å². The lowest BCUT2D eigenvalue weighted by Crippen LogP contribution is -2.19. The SMILES string of the molecule is COc1cc2c(Oc3ccc(NC(=O)Nc4ccc(C(F)(F)F)cc4)cc3F)ccnc2cc1O. The Morgan fingerprint density at radius 2 is 1.60 bits per heavy atom. The molecule has 0 aliphatic heterocycles. The number of nitrogens with zero attached hydrogens (tertiary/aromatic N) is 1. The van der Waals surface area contributed by atoms with Crippen molar-refractivity contribution < 1.29 is 36.9 Å². The molecule has 0 radical (unpaired) electrons. The first-order valence-electron chi connectivity index (χ1n) is 10.0. The Morgan fingerprint density at radius 1 is 0.914 bits per heavy atom. The summed E-state index contributed by atoms with van der Waals surface area (Å²) < 4.78 is 63.4. The molecular formula is C24H17F4N3O4. The smallest absolute Gasteiger partial charge is 0.416 e. The van der Waals surface area contributed by atoms with Gasteiger partial charge in [0.2, 0.25) is 0 Å². The number of carbonyl (C=O) groups is 1. The maximum absolute atomic E-state index is 14.7. The molecule has 180 valence electrons. The molecule has 0 bridgehead atoms. The second-order valence-corrected chi connectivity index (χ2v) is 7.25. The van der Waals surface area contributed by atoms with Crippen LogP contribution >= 0.6 is 0 Å². The van der Waals surface area contributed by atoms with Gasteiger partial charge in [-0.05, 0) is 48.5 Å². The Bertz CT molecular complexity index is 1390. The highest BCUT2D eigenvalue weighted by molar-refractivity contribution is 5.99.